The fourth-order valence-electron chi connectivity index (χ4n) is 2.96. The van der Waals surface area contributed by atoms with E-state index in [-0.39, 0.29) is 0 Å². The summed E-state index contributed by atoms with van der Waals surface area (Å²) in [6, 6.07) is 2.16. The van der Waals surface area contributed by atoms with Crippen LogP contribution < -0.4 is 5.32 Å². The van der Waals surface area contributed by atoms with Crippen LogP contribution in [0, 0.1) is 11.8 Å². The molecule has 1 saturated carbocycles. The molecule has 1 N–H and O–H groups in total. The third kappa shape index (κ3) is 3.56. The van der Waals surface area contributed by atoms with Crippen molar-refractivity contribution in [2.45, 2.75) is 39.0 Å². The first kappa shape index (κ1) is 12.6. The summed E-state index contributed by atoms with van der Waals surface area (Å²) < 4.78 is 1.91. The molecule has 1 heterocycles. The molecule has 0 radical (unpaired) electrons. The molecule has 1 aromatic rings. The van der Waals surface area contributed by atoms with Crippen LogP contribution in [-0.4, -0.2) is 22.9 Å². The number of aromatic nitrogens is 2. The third-order valence-electron chi connectivity index (χ3n) is 3.89. The van der Waals surface area contributed by atoms with Crippen LogP contribution in [0.15, 0.2) is 12.3 Å². The fraction of sp³-hybridized carbons (Fsp3) is 0.786. The molecule has 2 rings (SSSR count). The molecule has 2 atom stereocenters. The topological polar surface area (TPSA) is 29.9 Å². The average Bonchev–Trinajstić information content (AvgIpc) is 2.90. The highest BCUT2D eigenvalue weighted by molar-refractivity contribution is 5.01. The van der Waals surface area contributed by atoms with Crippen LogP contribution in [0.4, 0.5) is 0 Å². The standard InChI is InChI=1S/C14H25N3/c1-3-8-15-11-13-6-4-5-12(13)10-14-7-9-17(2)16-14/h7,9,12-13,15H,3-6,8,10-11H2,1-2H3. The van der Waals surface area contributed by atoms with Gasteiger partial charge in [-0.25, -0.2) is 0 Å². The van der Waals surface area contributed by atoms with E-state index in [4.69, 9.17) is 0 Å². The maximum Gasteiger partial charge on any atom is 0.0627 e. The maximum absolute atomic E-state index is 4.50. The van der Waals surface area contributed by atoms with Gasteiger partial charge in [0.2, 0.25) is 0 Å². The van der Waals surface area contributed by atoms with Gasteiger partial charge in [-0.15, -0.1) is 0 Å². The lowest BCUT2D eigenvalue weighted by molar-refractivity contribution is 0.362. The molecular formula is C14H25N3. The molecular weight excluding hydrogens is 210 g/mol. The minimum absolute atomic E-state index is 0.842. The summed E-state index contributed by atoms with van der Waals surface area (Å²) in [6.07, 6.45) is 8.63. The van der Waals surface area contributed by atoms with Gasteiger partial charge in [-0.2, -0.15) is 5.10 Å². The quantitative estimate of drug-likeness (QED) is 0.767. The van der Waals surface area contributed by atoms with Crippen LogP contribution in [-0.2, 0) is 13.5 Å². The molecule has 96 valence electrons. The van der Waals surface area contributed by atoms with Crippen molar-refractivity contribution in [3.63, 3.8) is 0 Å². The zero-order chi connectivity index (χ0) is 12.1. The van der Waals surface area contributed by atoms with E-state index in [0.29, 0.717) is 0 Å². The SMILES string of the molecule is CCCNCC1CCCC1Cc1ccn(C)n1. The van der Waals surface area contributed by atoms with Gasteiger partial charge in [0, 0.05) is 13.2 Å². The van der Waals surface area contributed by atoms with Gasteiger partial charge in [-0.3, -0.25) is 4.68 Å². The Morgan fingerprint density at radius 2 is 2.24 bits per heavy atom. The molecule has 17 heavy (non-hydrogen) atoms. The van der Waals surface area contributed by atoms with Crippen molar-refractivity contribution in [1.82, 2.24) is 15.1 Å². The minimum atomic E-state index is 0.842. The summed E-state index contributed by atoms with van der Waals surface area (Å²) in [5.41, 5.74) is 1.26. The Morgan fingerprint density at radius 1 is 1.41 bits per heavy atom. The van der Waals surface area contributed by atoms with E-state index in [2.05, 4.69) is 29.6 Å². The number of rotatable bonds is 6. The summed E-state index contributed by atoms with van der Waals surface area (Å²) in [4.78, 5) is 0. The fourth-order valence-corrected chi connectivity index (χ4v) is 2.96. The number of hydrogen-bond donors (Lipinski definition) is 1. The van der Waals surface area contributed by atoms with Crippen LogP contribution in [0.3, 0.4) is 0 Å². The molecule has 0 aliphatic heterocycles. The highest BCUT2D eigenvalue weighted by atomic mass is 15.2. The molecule has 0 amide bonds. The lowest BCUT2D eigenvalue weighted by atomic mass is 9.91. The zero-order valence-corrected chi connectivity index (χ0v) is 11.2. The van der Waals surface area contributed by atoms with E-state index in [1.165, 1.54) is 44.3 Å². The molecule has 0 aromatic carbocycles. The second-order valence-corrected chi connectivity index (χ2v) is 5.34. The summed E-state index contributed by atoms with van der Waals surface area (Å²) in [6.45, 7) is 4.59. The van der Waals surface area contributed by atoms with E-state index in [0.717, 1.165) is 18.4 Å². The van der Waals surface area contributed by atoms with Gasteiger partial charge < -0.3 is 5.32 Å². The lowest BCUT2D eigenvalue weighted by Gasteiger charge is -2.19. The van der Waals surface area contributed by atoms with Crippen LogP contribution in [0.5, 0.6) is 0 Å². The van der Waals surface area contributed by atoms with Crippen LogP contribution >= 0.6 is 0 Å². The normalized spacial score (nSPS) is 24.4. The Hall–Kier alpha value is -0.830. The molecule has 3 heteroatoms. The first-order valence-electron chi connectivity index (χ1n) is 6.99. The van der Waals surface area contributed by atoms with E-state index in [9.17, 15) is 0 Å². The monoisotopic (exact) mass is 235 g/mol. The Balaban J connectivity index is 1.82. The summed E-state index contributed by atoms with van der Waals surface area (Å²) in [5.74, 6) is 1.71. The van der Waals surface area contributed by atoms with Gasteiger partial charge in [0.05, 0.1) is 5.69 Å². The summed E-state index contributed by atoms with van der Waals surface area (Å²) >= 11 is 0. The second kappa shape index (κ2) is 6.20. The van der Waals surface area contributed by atoms with Crippen molar-refractivity contribution >= 4 is 0 Å². The van der Waals surface area contributed by atoms with Crippen molar-refractivity contribution in [2.24, 2.45) is 18.9 Å². The Labute approximate surface area is 105 Å². The molecule has 1 aliphatic carbocycles. The molecule has 2 unspecified atom stereocenters. The van der Waals surface area contributed by atoms with Gasteiger partial charge >= 0.3 is 0 Å². The van der Waals surface area contributed by atoms with Gasteiger partial charge in [-0.1, -0.05) is 13.3 Å². The number of aryl methyl sites for hydroxylation is 1. The van der Waals surface area contributed by atoms with E-state index < -0.39 is 0 Å². The minimum Gasteiger partial charge on any atom is -0.316 e. The van der Waals surface area contributed by atoms with E-state index in [1.807, 2.05) is 11.7 Å². The zero-order valence-electron chi connectivity index (χ0n) is 11.2. The predicted octanol–water partition coefficient (Wildman–Crippen LogP) is 2.38. The van der Waals surface area contributed by atoms with Gasteiger partial charge in [0.25, 0.3) is 0 Å². The summed E-state index contributed by atoms with van der Waals surface area (Å²) in [7, 11) is 2.00. The van der Waals surface area contributed by atoms with Gasteiger partial charge in [0.15, 0.2) is 0 Å². The van der Waals surface area contributed by atoms with Crippen molar-refractivity contribution in [1.29, 1.82) is 0 Å². The second-order valence-electron chi connectivity index (χ2n) is 5.34. The molecule has 1 fully saturated rings. The van der Waals surface area contributed by atoms with E-state index in [1.54, 1.807) is 0 Å². The van der Waals surface area contributed by atoms with Crippen LogP contribution in [0.1, 0.15) is 38.3 Å². The van der Waals surface area contributed by atoms with Gasteiger partial charge in [-0.05, 0) is 56.7 Å². The van der Waals surface area contributed by atoms with Crippen molar-refractivity contribution in [3.05, 3.63) is 18.0 Å². The predicted molar refractivity (Wildman–Crippen MR) is 70.9 cm³/mol. The summed E-state index contributed by atoms with van der Waals surface area (Å²) in [5, 5.41) is 8.07. The molecule has 0 saturated heterocycles. The van der Waals surface area contributed by atoms with E-state index >= 15 is 0 Å². The Kier molecular flexibility index (Phi) is 4.60. The molecule has 1 aliphatic rings. The smallest absolute Gasteiger partial charge is 0.0627 e. The van der Waals surface area contributed by atoms with Crippen LogP contribution in [0.25, 0.3) is 0 Å². The van der Waals surface area contributed by atoms with Crippen molar-refractivity contribution in [3.8, 4) is 0 Å². The van der Waals surface area contributed by atoms with Gasteiger partial charge in [0.1, 0.15) is 0 Å². The first-order chi connectivity index (χ1) is 8.29. The number of hydrogen-bond acceptors (Lipinski definition) is 2. The molecule has 0 spiro atoms. The lowest BCUT2D eigenvalue weighted by Crippen LogP contribution is -2.26. The number of nitrogens with zero attached hydrogens (tertiary/aromatic N) is 2. The van der Waals surface area contributed by atoms with Crippen molar-refractivity contribution < 1.29 is 0 Å². The first-order valence-corrected chi connectivity index (χ1v) is 6.99. The largest absolute Gasteiger partial charge is 0.316 e. The average molecular weight is 235 g/mol. The highest BCUT2D eigenvalue weighted by Crippen LogP contribution is 2.33. The third-order valence-corrected chi connectivity index (χ3v) is 3.89. The number of nitrogens with one attached hydrogen (secondary N) is 1. The van der Waals surface area contributed by atoms with Crippen LogP contribution in [0.2, 0.25) is 0 Å². The Morgan fingerprint density at radius 3 is 2.94 bits per heavy atom. The highest BCUT2D eigenvalue weighted by Gasteiger charge is 2.27. The maximum atomic E-state index is 4.50. The molecule has 1 aromatic heterocycles. The Bertz CT molecular complexity index is 332. The molecule has 0 bridgehead atoms. The molecule has 3 nitrogen and oxygen atoms in total. The van der Waals surface area contributed by atoms with Crippen molar-refractivity contribution in [2.75, 3.05) is 13.1 Å².